The summed E-state index contributed by atoms with van der Waals surface area (Å²) in [5, 5.41) is 2.47. The van der Waals surface area contributed by atoms with Crippen molar-refractivity contribution in [2.45, 2.75) is 13.5 Å². The van der Waals surface area contributed by atoms with E-state index in [1.165, 1.54) is 6.92 Å². The Labute approximate surface area is 94.5 Å². The minimum absolute atomic E-state index is 0.0386. The summed E-state index contributed by atoms with van der Waals surface area (Å²) >= 11 is 0. The highest BCUT2D eigenvalue weighted by Gasteiger charge is 2.08. The summed E-state index contributed by atoms with van der Waals surface area (Å²) in [5.74, 6) is -0.322. The Kier molecular flexibility index (Phi) is 4.44. The fraction of sp³-hybridized carbons (Fsp3) is 0.364. The number of rotatable bonds is 4. The molecule has 0 bridgehead atoms. The third-order valence-corrected chi connectivity index (χ3v) is 2.08. The van der Waals surface area contributed by atoms with E-state index in [2.05, 4.69) is 10.3 Å². The molecular weight excluding hydrogens is 206 g/mol. The maximum Gasteiger partial charge on any atom is 0.242 e. The molecule has 0 saturated carbocycles. The van der Waals surface area contributed by atoms with Crippen molar-refractivity contribution in [1.29, 1.82) is 0 Å². The molecule has 0 atom stereocenters. The average Bonchev–Trinajstić information content (AvgIpc) is 2.27. The molecule has 5 nitrogen and oxygen atoms in total. The van der Waals surface area contributed by atoms with Gasteiger partial charge in [0.05, 0.1) is 6.54 Å². The van der Waals surface area contributed by atoms with Gasteiger partial charge in [-0.05, 0) is 17.7 Å². The van der Waals surface area contributed by atoms with Crippen LogP contribution in [0.1, 0.15) is 12.5 Å². The first kappa shape index (κ1) is 12.2. The van der Waals surface area contributed by atoms with E-state index in [-0.39, 0.29) is 18.4 Å². The van der Waals surface area contributed by atoms with E-state index >= 15 is 0 Å². The fourth-order valence-electron chi connectivity index (χ4n) is 1.19. The maximum atomic E-state index is 11.5. The normalized spacial score (nSPS) is 9.62. The monoisotopic (exact) mass is 221 g/mol. The van der Waals surface area contributed by atoms with Gasteiger partial charge >= 0.3 is 0 Å². The second kappa shape index (κ2) is 5.85. The van der Waals surface area contributed by atoms with Crippen LogP contribution in [0.2, 0.25) is 0 Å². The lowest BCUT2D eigenvalue weighted by atomic mass is 10.2. The Hall–Kier alpha value is -1.91. The predicted molar refractivity (Wildman–Crippen MR) is 59.4 cm³/mol. The topological polar surface area (TPSA) is 62.3 Å². The van der Waals surface area contributed by atoms with Crippen molar-refractivity contribution < 1.29 is 9.59 Å². The van der Waals surface area contributed by atoms with E-state index in [0.717, 1.165) is 5.56 Å². The lowest BCUT2D eigenvalue weighted by molar-refractivity contribution is -0.131. The molecule has 0 aliphatic rings. The molecule has 16 heavy (non-hydrogen) atoms. The van der Waals surface area contributed by atoms with E-state index in [1.54, 1.807) is 24.3 Å². The lowest BCUT2D eigenvalue weighted by Crippen LogP contribution is -2.36. The van der Waals surface area contributed by atoms with Crippen molar-refractivity contribution in [2.75, 3.05) is 13.6 Å². The van der Waals surface area contributed by atoms with Crippen LogP contribution in [-0.4, -0.2) is 35.3 Å². The van der Waals surface area contributed by atoms with Gasteiger partial charge in [-0.25, -0.2) is 0 Å². The van der Waals surface area contributed by atoms with Gasteiger partial charge in [-0.3, -0.25) is 14.6 Å². The number of aromatic nitrogens is 1. The molecule has 0 aliphatic carbocycles. The zero-order chi connectivity index (χ0) is 12.0. The van der Waals surface area contributed by atoms with Crippen molar-refractivity contribution >= 4 is 11.8 Å². The minimum Gasteiger partial charge on any atom is -0.347 e. The predicted octanol–water partition coefficient (Wildman–Crippen LogP) is 0.176. The molecule has 0 aromatic carbocycles. The molecule has 0 saturated heterocycles. The SMILES string of the molecule is CC(=O)NCC(=O)N(C)Cc1ccncc1. The van der Waals surface area contributed by atoms with Crippen LogP contribution >= 0.6 is 0 Å². The summed E-state index contributed by atoms with van der Waals surface area (Å²) in [6.45, 7) is 1.94. The van der Waals surface area contributed by atoms with Crippen molar-refractivity contribution in [3.05, 3.63) is 30.1 Å². The molecule has 5 heteroatoms. The molecule has 1 rings (SSSR count). The molecular formula is C11H15N3O2. The first-order chi connectivity index (χ1) is 7.59. The second-order valence-electron chi connectivity index (χ2n) is 3.52. The van der Waals surface area contributed by atoms with Gasteiger partial charge in [0, 0.05) is 32.9 Å². The quantitative estimate of drug-likeness (QED) is 0.788. The summed E-state index contributed by atoms with van der Waals surface area (Å²) in [4.78, 5) is 27.6. The number of amides is 2. The summed E-state index contributed by atoms with van der Waals surface area (Å²) < 4.78 is 0. The zero-order valence-corrected chi connectivity index (χ0v) is 9.43. The van der Waals surface area contributed by atoms with Gasteiger partial charge in [0.1, 0.15) is 0 Å². The summed E-state index contributed by atoms with van der Waals surface area (Å²) in [5.41, 5.74) is 1.01. The van der Waals surface area contributed by atoms with E-state index in [9.17, 15) is 9.59 Å². The second-order valence-corrected chi connectivity index (χ2v) is 3.52. The molecule has 1 N–H and O–H groups in total. The van der Waals surface area contributed by atoms with Crippen LogP contribution in [0.15, 0.2) is 24.5 Å². The lowest BCUT2D eigenvalue weighted by Gasteiger charge is -2.17. The smallest absolute Gasteiger partial charge is 0.242 e. The molecule has 0 fully saturated rings. The first-order valence-electron chi connectivity index (χ1n) is 4.97. The Morgan fingerprint density at radius 2 is 2.00 bits per heavy atom. The molecule has 0 spiro atoms. The van der Waals surface area contributed by atoms with Crippen LogP contribution in [0, 0.1) is 0 Å². The number of hydrogen-bond acceptors (Lipinski definition) is 3. The van der Waals surface area contributed by atoms with Crippen molar-refractivity contribution in [3.8, 4) is 0 Å². The van der Waals surface area contributed by atoms with Gasteiger partial charge in [-0.2, -0.15) is 0 Å². The van der Waals surface area contributed by atoms with Gasteiger partial charge in [-0.1, -0.05) is 0 Å². The van der Waals surface area contributed by atoms with Gasteiger partial charge in [0.25, 0.3) is 0 Å². The Balaban J connectivity index is 2.43. The van der Waals surface area contributed by atoms with Crippen LogP contribution in [0.5, 0.6) is 0 Å². The van der Waals surface area contributed by atoms with Crippen LogP contribution in [0.25, 0.3) is 0 Å². The van der Waals surface area contributed by atoms with Crippen molar-refractivity contribution in [1.82, 2.24) is 15.2 Å². The number of nitrogens with zero attached hydrogens (tertiary/aromatic N) is 2. The number of carbonyl (C=O) groups is 2. The van der Waals surface area contributed by atoms with Crippen molar-refractivity contribution in [3.63, 3.8) is 0 Å². The zero-order valence-electron chi connectivity index (χ0n) is 9.43. The van der Waals surface area contributed by atoms with Gasteiger partial charge < -0.3 is 10.2 Å². The Bertz CT molecular complexity index is 365. The highest BCUT2D eigenvalue weighted by Crippen LogP contribution is 2.00. The molecule has 1 aromatic rings. The molecule has 0 aliphatic heterocycles. The van der Waals surface area contributed by atoms with E-state index in [0.29, 0.717) is 6.54 Å². The number of hydrogen-bond donors (Lipinski definition) is 1. The van der Waals surface area contributed by atoms with Crippen molar-refractivity contribution in [2.24, 2.45) is 0 Å². The summed E-state index contributed by atoms with van der Waals surface area (Å²) in [6, 6.07) is 3.70. The number of likely N-dealkylation sites (N-methyl/N-ethyl adjacent to an activating group) is 1. The van der Waals surface area contributed by atoms with E-state index in [1.807, 2.05) is 12.1 Å². The maximum absolute atomic E-state index is 11.5. The van der Waals surface area contributed by atoms with E-state index < -0.39 is 0 Å². The van der Waals surface area contributed by atoms with E-state index in [4.69, 9.17) is 0 Å². The third kappa shape index (κ3) is 4.08. The third-order valence-electron chi connectivity index (χ3n) is 2.08. The molecule has 1 aromatic heterocycles. The highest BCUT2D eigenvalue weighted by atomic mass is 16.2. The standard InChI is InChI=1S/C11H15N3O2/c1-9(15)13-7-11(16)14(2)8-10-3-5-12-6-4-10/h3-6H,7-8H2,1-2H3,(H,13,15). The summed E-state index contributed by atoms with van der Waals surface area (Å²) in [7, 11) is 1.70. The van der Waals surface area contributed by atoms with Gasteiger partial charge in [0.15, 0.2) is 0 Å². The van der Waals surface area contributed by atoms with Crippen LogP contribution in [0.3, 0.4) is 0 Å². The molecule has 0 radical (unpaired) electrons. The summed E-state index contributed by atoms with van der Waals surface area (Å²) in [6.07, 6.45) is 3.36. The number of nitrogens with one attached hydrogen (secondary N) is 1. The van der Waals surface area contributed by atoms with Gasteiger partial charge in [0.2, 0.25) is 11.8 Å². The molecule has 2 amide bonds. The van der Waals surface area contributed by atoms with Crippen LogP contribution in [-0.2, 0) is 16.1 Å². The minimum atomic E-state index is -0.203. The number of pyridine rings is 1. The van der Waals surface area contributed by atoms with Gasteiger partial charge in [-0.15, -0.1) is 0 Å². The highest BCUT2D eigenvalue weighted by molar-refractivity contribution is 5.83. The Morgan fingerprint density at radius 1 is 1.38 bits per heavy atom. The number of carbonyl (C=O) groups excluding carboxylic acids is 2. The van der Waals surface area contributed by atoms with Crippen LogP contribution in [0.4, 0.5) is 0 Å². The largest absolute Gasteiger partial charge is 0.347 e. The molecule has 86 valence electrons. The van der Waals surface area contributed by atoms with Crippen LogP contribution < -0.4 is 5.32 Å². The average molecular weight is 221 g/mol. The molecule has 1 heterocycles. The fourth-order valence-corrected chi connectivity index (χ4v) is 1.19. The Morgan fingerprint density at radius 3 is 2.56 bits per heavy atom. The first-order valence-corrected chi connectivity index (χ1v) is 4.97. The molecule has 0 unspecified atom stereocenters.